The summed E-state index contributed by atoms with van der Waals surface area (Å²) in [6.07, 6.45) is 1.11. The fourth-order valence-electron chi connectivity index (χ4n) is 2.49. The van der Waals surface area contributed by atoms with Crippen LogP contribution in [0.5, 0.6) is 0 Å². The molecule has 1 saturated carbocycles. The van der Waals surface area contributed by atoms with Crippen LogP contribution in [-0.4, -0.2) is 11.8 Å². The first kappa shape index (κ1) is 12.7. The Bertz CT molecular complexity index is 558. The Kier molecular flexibility index (Phi) is 3.09. The predicted molar refractivity (Wildman–Crippen MR) is 77.3 cm³/mol. The van der Waals surface area contributed by atoms with Crippen molar-refractivity contribution >= 4 is 39.1 Å². The fraction of sp³-hybridized carbons (Fsp3) is 0.429. The van der Waals surface area contributed by atoms with Crippen molar-refractivity contribution in [3.63, 3.8) is 0 Å². The number of hydrogen-bond donors (Lipinski definition) is 2. The highest BCUT2D eigenvalue weighted by atomic mass is 79.9. The van der Waals surface area contributed by atoms with Gasteiger partial charge in [0, 0.05) is 4.83 Å². The maximum atomic E-state index is 11.6. The van der Waals surface area contributed by atoms with Gasteiger partial charge in [-0.3, -0.25) is 9.59 Å². The molecule has 2 amide bonds. The van der Waals surface area contributed by atoms with Gasteiger partial charge in [-0.15, -0.1) is 0 Å². The molecule has 19 heavy (non-hydrogen) atoms. The molecular formula is C14H15BrN2O2. The minimum absolute atomic E-state index is 0.124. The highest BCUT2D eigenvalue weighted by molar-refractivity contribution is 9.09. The first-order chi connectivity index (χ1) is 9.04. The van der Waals surface area contributed by atoms with Crippen molar-refractivity contribution in [3.05, 3.63) is 23.8 Å². The number of carbonyl (C=O) groups excluding carboxylic acids is 2. The molecule has 3 atom stereocenters. The van der Waals surface area contributed by atoms with Crippen LogP contribution in [0.1, 0.15) is 30.2 Å². The lowest BCUT2D eigenvalue weighted by molar-refractivity contribution is -0.123. The lowest BCUT2D eigenvalue weighted by Crippen LogP contribution is -2.16. The van der Waals surface area contributed by atoms with E-state index < -0.39 is 0 Å². The summed E-state index contributed by atoms with van der Waals surface area (Å²) in [5.74, 6) is 0.876. The van der Waals surface area contributed by atoms with Crippen molar-refractivity contribution in [1.29, 1.82) is 0 Å². The number of fused-ring (bicyclic) bond motifs is 1. The summed E-state index contributed by atoms with van der Waals surface area (Å²) in [4.78, 5) is 23.3. The molecule has 3 unspecified atom stereocenters. The van der Waals surface area contributed by atoms with Crippen LogP contribution in [0.3, 0.4) is 0 Å². The molecular weight excluding hydrogens is 308 g/mol. The summed E-state index contributed by atoms with van der Waals surface area (Å²) in [5.41, 5.74) is 2.50. The molecule has 100 valence electrons. The largest absolute Gasteiger partial charge is 0.324 e. The number of nitrogens with one attached hydrogen (secondary N) is 2. The van der Waals surface area contributed by atoms with Crippen LogP contribution >= 0.6 is 15.9 Å². The third-order valence-electron chi connectivity index (χ3n) is 3.78. The van der Waals surface area contributed by atoms with E-state index in [2.05, 4.69) is 33.5 Å². The van der Waals surface area contributed by atoms with E-state index in [1.165, 1.54) is 6.42 Å². The number of anilines is 2. The molecule has 5 heteroatoms. The Morgan fingerprint density at radius 1 is 1.21 bits per heavy atom. The summed E-state index contributed by atoms with van der Waals surface area (Å²) < 4.78 is 0. The molecule has 1 aromatic carbocycles. The molecule has 1 heterocycles. The second kappa shape index (κ2) is 4.63. The van der Waals surface area contributed by atoms with Crippen LogP contribution in [0.4, 0.5) is 11.4 Å². The van der Waals surface area contributed by atoms with E-state index in [0.29, 0.717) is 22.1 Å². The van der Waals surface area contributed by atoms with Crippen molar-refractivity contribution < 1.29 is 9.59 Å². The van der Waals surface area contributed by atoms with E-state index in [0.717, 1.165) is 11.5 Å². The first-order valence-electron chi connectivity index (χ1n) is 6.42. The summed E-state index contributed by atoms with van der Waals surface area (Å²) in [6, 6.07) is 5.81. The van der Waals surface area contributed by atoms with E-state index in [4.69, 9.17) is 0 Å². The van der Waals surface area contributed by atoms with Gasteiger partial charge in [0.25, 0.3) is 0 Å². The van der Waals surface area contributed by atoms with Crippen molar-refractivity contribution in [3.8, 4) is 0 Å². The summed E-state index contributed by atoms with van der Waals surface area (Å²) >= 11 is 3.73. The minimum atomic E-state index is -0.268. The van der Waals surface area contributed by atoms with E-state index in [1.807, 2.05) is 18.2 Å². The maximum Gasteiger partial charge on any atom is 0.233 e. The van der Waals surface area contributed by atoms with E-state index in [1.54, 1.807) is 0 Å². The molecule has 1 aliphatic carbocycles. The van der Waals surface area contributed by atoms with Gasteiger partial charge in [-0.2, -0.15) is 0 Å². The predicted octanol–water partition coefficient (Wildman–Crippen LogP) is 3.06. The van der Waals surface area contributed by atoms with E-state index >= 15 is 0 Å². The van der Waals surface area contributed by atoms with Crippen LogP contribution in [0.25, 0.3) is 0 Å². The standard InChI is InChI=1S/C14H15BrN2O2/c1-7-4-9(7)14(15)8-2-3-10-11(5-8)17-13(19)6-12(18)16-10/h2-3,5,7,9,14H,4,6H2,1H3,(H,16,18)(H,17,19). The summed E-state index contributed by atoms with van der Waals surface area (Å²) in [7, 11) is 0. The topological polar surface area (TPSA) is 58.2 Å². The van der Waals surface area contributed by atoms with E-state index in [9.17, 15) is 9.59 Å². The number of rotatable bonds is 2. The van der Waals surface area contributed by atoms with Gasteiger partial charge in [-0.25, -0.2) is 0 Å². The van der Waals surface area contributed by atoms with Crippen LogP contribution < -0.4 is 10.6 Å². The second-order valence-electron chi connectivity index (χ2n) is 5.36. The van der Waals surface area contributed by atoms with Gasteiger partial charge < -0.3 is 10.6 Å². The van der Waals surface area contributed by atoms with Crippen LogP contribution in [0, 0.1) is 11.8 Å². The molecule has 0 aromatic heterocycles. The smallest absolute Gasteiger partial charge is 0.233 e. The monoisotopic (exact) mass is 322 g/mol. The highest BCUT2D eigenvalue weighted by Crippen LogP contribution is 2.51. The number of halogens is 1. The molecule has 4 nitrogen and oxygen atoms in total. The molecule has 0 spiro atoms. The van der Waals surface area contributed by atoms with Gasteiger partial charge in [-0.05, 0) is 36.0 Å². The van der Waals surface area contributed by atoms with Crippen molar-refractivity contribution in [2.45, 2.75) is 24.6 Å². The second-order valence-corrected chi connectivity index (χ2v) is 6.34. The lowest BCUT2D eigenvalue weighted by Gasteiger charge is -2.13. The highest BCUT2D eigenvalue weighted by Gasteiger charge is 2.39. The SMILES string of the molecule is CC1CC1C(Br)c1ccc2c(c1)NC(=O)CC(=O)N2. The first-order valence-corrected chi connectivity index (χ1v) is 7.34. The van der Waals surface area contributed by atoms with E-state index in [-0.39, 0.29) is 18.2 Å². The number of benzene rings is 1. The number of alkyl halides is 1. The quantitative estimate of drug-likeness (QED) is 0.649. The third-order valence-corrected chi connectivity index (χ3v) is 4.99. The molecule has 0 bridgehead atoms. The van der Waals surface area contributed by atoms with Gasteiger partial charge in [0.2, 0.25) is 11.8 Å². The number of hydrogen-bond acceptors (Lipinski definition) is 2. The Morgan fingerprint density at radius 3 is 2.47 bits per heavy atom. The van der Waals surface area contributed by atoms with Gasteiger partial charge in [0.15, 0.2) is 0 Å². The van der Waals surface area contributed by atoms with Crippen LogP contribution in [0.2, 0.25) is 0 Å². The van der Waals surface area contributed by atoms with Gasteiger partial charge in [0.05, 0.1) is 11.4 Å². The Hall–Kier alpha value is -1.36. The van der Waals surface area contributed by atoms with Crippen molar-refractivity contribution in [2.24, 2.45) is 11.8 Å². The van der Waals surface area contributed by atoms with Gasteiger partial charge in [0.1, 0.15) is 6.42 Å². The maximum absolute atomic E-state index is 11.6. The Morgan fingerprint density at radius 2 is 1.84 bits per heavy atom. The average Bonchev–Trinajstić information content (AvgIpc) is 3.08. The molecule has 0 saturated heterocycles. The molecule has 1 fully saturated rings. The molecule has 2 aliphatic rings. The zero-order valence-electron chi connectivity index (χ0n) is 10.6. The zero-order valence-corrected chi connectivity index (χ0v) is 12.2. The third kappa shape index (κ3) is 2.52. The van der Waals surface area contributed by atoms with Gasteiger partial charge >= 0.3 is 0 Å². The minimum Gasteiger partial charge on any atom is -0.324 e. The summed E-state index contributed by atoms with van der Waals surface area (Å²) in [5, 5.41) is 5.51. The fourth-order valence-corrected chi connectivity index (χ4v) is 3.51. The molecule has 1 aromatic rings. The average molecular weight is 323 g/mol. The van der Waals surface area contributed by atoms with Crippen molar-refractivity contribution in [1.82, 2.24) is 0 Å². The molecule has 3 rings (SSSR count). The van der Waals surface area contributed by atoms with Crippen molar-refractivity contribution in [2.75, 3.05) is 10.6 Å². The van der Waals surface area contributed by atoms with Crippen LogP contribution in [0.15, 0.2) is 18.2 Å². The Labute approximate surface area is 120 Å². The van der Waals surface area contributed by atoms with Crippen LogP contribution in [-0.2, 0) is 9.59 Å². The zero-order chi connectivity index (χ0) is 13.6. The Balaban J connectivity index is 1.90. The molecule has 2 N–H and O–H groups in total. The van der Waals surface area contributed by atoms with Gasteiger partial charge in [-0.1, -0.05) is 28.9 Å². The number of carbonyl (C=O) groups is 2. The molecule has 1 aliphatic heterocycles. The molecule has 0 radical (unpaired) electrons. The number of amides is 2. The summed E-state index contributed by atoms with van der Waals surface area (Å²) in [6.45, 7) is 2.24. The normalized spacial score (nSPS) is 26.8. The lowest BCUT2D eigenvalue weighted by atomic mass is 10.1.